The van der Waals surface area contributed by atoms with Crippen LogP contribution in [0.5, 0.6) is 0 Å². The molecule has 0 aliphatic carbocycles. The van der Waals surface area contributed by atoms with E-state index >= 15 is 0 Å². The molecule has 1 rings (SSSR count). The molecule has 0 atom stereocenters. The van der Waals surface area contributed by atoms with E-state index in [0.717, 1.165) is 6.07 Å². The molecule has 1 aromatic rings. The van der Waals surface area contributed by atoms with Gasteiger partial charge in [0.05, 0.1) is 9.37 Å². The van der Waals surface area contributed by atoms with Crippen molar-refractivity contribution >= 4 is 35.7 Å². The van der Waals surface area contributed by atoms with Gasteiger partial charge in [0.2, 0.25) is 0 Å². The molecule has 0 radical (unpaired) electrons. The highest BCUT2D eigenvalue weighted by atomic mass is 79.9. The van der Waals surface area contributed by atoms with E-state index in [1.54, 1.807) is 0 Å². The molecule has 14 heavy (non-hydrogen) atoms. The Hall–Kier alpha value is -0.0100. The Balaban J connectivity index is 3.45. The third-order valence-electron chi connectivity index (χ3n) is 1.34. The summed E-state index contributed by atoms with van der Waals surface area (Å²) in [5, 5.41) is 0. The van der Waals surface area contributed by atoms with Gasteiger partial charge in [-0.3, -0.25) is 0 Å². The minimum Gasteiger partial charge on any atom is -0.206 e. The smallest absolute Gasteiger partial charge is 0.206 e. The highest BCUT2D eigenvalue weighted by Crippen LogP contribution is 3.04. The first-order valence-corrected chi connectivity index (χ1v) is 6.76. The van der Waals surface area contributed by atoms with Crippen LogP contribution in [0.25, 0.3) is 0 Å². The van der Waals surface area contributed by atoms with Gasteiger partial charge in [0.25, 0.3) is 9.05 Å². The van der Waals surface area contributed by atoms with Crippen LogP contribution in [-0.4, -0.2) is 0 Å². The van der Waals surface area contributed by atoms with Gasteiger partial charge in [0.15, 0.2) is 0 Å². The average molecular weight is 318 g/mol. The predicted molar refractivity (Wildman–Crippen MR) is 50.2 cm³/mol. The minimum absolute atomic E-state index is 0.0125. The fraction of sp³-hybridized carbons (Fsp3) is 0. The Bertz CT molecular complexity index is 386. The van der Waals surface area contributed by atoms with Crippen molar-refractivity contribution in [3.8, 4) is 0 Å². The van der Waals surface area contributed by atoms with Crippen molar-refractivity contribution in [2.45, 2.75) is 4.90 Å². The Morgan fingerprint density at radius 3 is 2.00 bits per heavy atom. The summed E-state index contributed by atoms with van der Waals surface area (Å²) in [7, 11) is -4.81. The quantitative estimate of drug-likeness (QED) is 0.599. The van der Waals surface area contributed by atoms with E-state index in [4.69, 9.17) is 0 Å². The Kier molecular flexibility index (Phi) is 2.21. The zero-order valence-corrected chi connectivity index (χ0v) is 9.44. The Morgan fingerprint density at radius 1 is 1.14 bits per heavy atom. The summed E-state index contributed by atoms with van der Waals surface area (Å²) in [5.74, 6) is -1.22. The fourth-order valence-electron chi connectivity index (χ4n) is 0.717. The summed E-state index contributed by atoms with van der Waals surface area (Å²) in [4.78, 5) is -1.80. The Labute approximate surface area is 89.1 Å². The molecule has 0 aromatic heterocycles. The lowest BCUT2D eigenvalue weighted by atomic mass is 10.3. The van der Waals surface area contributed by atoms with Gasteiger partial charge in [0, 0.05) is 10.7 Å². The first-order chi connectivity index (χ1) is 5.90. The molecule has 0 aliphatic rings. The van der Waals surface area contributed by atoms with Gasteiger partial charge in [0.1, 0.15) is 5.82 Å². The van der Waals surface area contributed by atoms with E-state index in [2.05, 4.69) is 26.6 Å². The van der Waals surface area contributed by atoms with Gasteiger partial charge < -0.3 is 0 Å². The van der Waals surface area contributed by atoms with E-state index in [1.165, 1.54) is 0 Å². The first-order valence-electron chi connectivity index (χ1n) is 3.09. The predicted octanol–water partition coefficient (Wildman–Crippen LogP) is 5.51. The molecule has 1 aromatic carbocycles. The maximum Gasteiger partial charge on any atom is 0.253 e. The van der Waals surface area contributed by atoms with Gasteiger partial charge in [-0.15, -0.1) is 15.5 Å². The molecule has 0 unspecified atom stereocenters. The van der Waals surface area contributed by atoms with E-state index in [1.807, 2.05) is 0 Å². The van der Waals surface area contributed by atoms with Crippen LogP contribution in [0.15, 0.2) is 27.6 Å². The molecule has 0 spiro atoms. The van der Waals surface area contributed by atoms with E-state index in [9.17, 15) is 19.9 Å². The molecular weight excluding hydrogens is 314 g/mol. The second-order valence-corrected chi connectivity index (χ2v) is 7.67. The lowest BCUT2D eigenvalue weighted by Crippen LogP contribution is -2.04. The normalized spacial score (nSPS) is 17.4. The van der Waals surface area contributed by atoms with Crippen molar-refractivity contribution in [2.24, 2.45) is 0 Å². The summed E-state index contributed by atoms with van der Waals surface area (Å²) < 4.78 is 62.5. The first kappa shape index (κ1) is 12.1. The second-order valence-electron chi connectivity index (χ2n) is 2.54. The van der Waals surface area contributed by atoms with E-state index < -0.39 is 19.8 Å². The van der Waals surface area contributed by atoms with Crippen LogP contribution < -0.4 is 0 Å². The van der Waals surface area contributed by atoms with Gasteiger partial charge in [-0.25, -0.2) is 4.39 Å². The molecule has 82 valence electrons. The lowest BCUT2D eigenvalue weighted by Gasteiger charge is -2.42. The number of benzene rings is 1. The summed E-state index contributed by atoms with van der Waals surface area (Å²) in [5.41, 5.74) is 0. The fourth-order valence-corrected chi connectivity index (χ4v) is 1.90. The molecule has 0 N–H and O–H groups in total. The van der Waals surface area contributed by atoms with Crippen LogP contribution in [0, 0.1) is 5.82 Å². The topological polar surface area (TPSA) is 0 Å². The maximum absolute atomic E-state index is 12.7. The van der Waals surface area contributed by atoms with Crippen molar-refractivity contribution in [3.63, 3.8) is 0 Å². The van der Waals surface area contributed by atoms with Crippen LogP contribution in [0.4, 0.5) is 19.9 Å². The summed E-state index contributed by atoms with van der Waals surface area (Å²) in [6.07, 6.45) is 0. The molecule has 8 heteroatoms. The van der Waals surface area contributed by atoms with Crippen molar-refractivity contribution in [1.29, 1.82) is 0 Å². The van der Waals surface area contributed by atoms with Crippen LogP contribution in [-0.2, 0) is 0 Å². The largest absolute Gasteiger partial charge is 0.253 e. The highest BCUT2D eigenvalue weighted by Gasteiger charge is 2.63. The average Bonchev–Trinajstić information content (AvgIpc) is 1.89. The van der Waals surface area contributed by atoms with Crippen molar-refractivity contribution < 1.29 is 19.9 Å². The second kappa shape index (κ2) is 2.56. The summed E-state index contributed by atoms with van der Waals surface area (Å²) in [6, 6.07) is 1.13. The lowest BCUT2D eigenvalue weighted by molar-refractivity contribution is 0.477. The highest BCUT2D eigenvalue weighted by molar-refractivity contribution is 9.10. The molecule has 0 fully saturated rings. The van der Waals surface area contributed by atoms with Crippen molar-refractivity contribution in [1.82, 2.24) is 0 Å². The van der Waals surface area contributed by atoms with Crippen LogP contribution in [0.1, 0.15) is 0 Å². The molecule has 0 saturated heterocycles. The molecular formula is C6H3BrClF5S. The van der Waals surface area contributed by atoms with Gasteiger partial charge in [-0.2, -0.15) is 0 Å². The summed E-state index contributed by atoms with van der Waals surface area (Å²) in [6.45, 7) is 0. The molecule has 0 aliphatic heterocycles. The van der Waals surface area contributed by atoms with E-state index in [-0.39, 0.29) is 10.5 Å². The number of halogens is 7. The molecule has 0 saturated carbocycles. The Morgan fingerprint density at radius 2 is 1.64 bits per heavy atom. The standard InChI is InChI=1S/C6H3BrClF5S/c7-5-2-1-4(3-6(5)9)14(8,10,11,12)13/h1-3H. The SMILES string of the molecule is Fc1cc(S(F)(F)(F)(F)Cl)ccc1Br. The maximum atomic E-state index is 12.7. The van der Waals surface area contributed by atoms with Crippen LogP contribution in [0.3, 0.4) is 0 Å². The van der Waals surface area contributed by atoms with Gasteiger partial charge in [-0.05, 0) is 34.1 Å². The zero-order valence-electron chi connectivity index (χ0n) is 6.29. The molecule has 0 bridgehead atoms. The minimum atomic E-state index is -8.78. The third-order valence-corrected chi connectivity index (χ3v) is 3.66. The van der Waals surface area contributed by atoms with Crippen molar-refractivity contribution in [2.75, 3.05) is 0 Å². The zero-order chi connectivity index (χ0) is 11.3. The molecule has 0 heterocycles. The number of rotatable bonds is 1. The van der Waals surface area contributed by atoms with Crippen LogP contribution >= 0.6 is 35.7 Å². The number of hydrogen-bond acceptors (Lipinski definition) is 0. The van der Waals surface area contributed by atoms with Gasteiger partial charge >= 0.3 is 0 Å². The summed E-state index contributed by atoms with van der Waals surface area (Å²) >= 11 is 2.64. The number of hydrogen-bond donors (Lipinski definition) is 0. The van der Waals surface area contributed by atoms with Crippen molar-refractivity contribution in [3.05, 3.63) is 28.5 Å². The van der Waals surface area contributed by atoms with Crippen LogP contribution in [0.2, 0.25) is 0 Å². The van der Waals surface area contributed by atoms with Gasteiger partial charge in [-0.1, -0.05) is 0 Å². The monoisotopic (exact) mass is 316 g/mol. The molecule has 0 nitrogen and oxygen atoms in total. The molecule has 0 amide bonds. The third kappa shape index (κ3) is 2.74. The van der Waals surface area contributed by atoms with E-state index in [0.29, 0.717) is 6.07 Å².